The van der Waals surface area contributed by atoms with Crippen LogP contribution in [-0.4, -0.2) is 16.2 Å². The zero-order valence-corrected chi connectivity index (χ0v) is 13.2. The van der Waals surface area contributed by atoms with E-state index < -0.39 is 5.97 Å². The molecule has 0 fully saturated rings. The lowest BCUT2D eigenvalue weighted by Gasteiger charge is -1.97. The number of nitrogens with zero attached hydrogens (tertiary/aromatic N) is 2. The fourth-order valence-corrected chi connectivity index (χ4v) is 2.71. The average Bonchev–Trinajstić information content (AvgIpc) is 3.21. The molecule has 1 aromatic carbocycles. The van der Waals surface area contributed by atoms with Gasteiger partial charge in [0.05, 0.1) is 0 Å². The van der Waals surface area contributed by atoms with Crippen LogP contribution in [0.4, 0.5) is 0 Å². The normalized spacial score (nSPS) is 11.0. The first kappa shape index (κ1) is 15.2. The molecule has 0 aliphatic rings. The van der Waals surface area contributed by atoms with E-state index in [4.69, 9.17) is 9.15 Å². The van der Waals surface area contributed by atoms with E-state index in [1.165, 1.54) is 6.08 Å². The van der Waals surface area contributed by atoms with Gasteiger partial charge in [-0.2, -0.15) is 0 Å². The van der Waals surface area contributed by atoms with Crippen molar-refractivity contribution in [2.24, 2.45) is 0 Å². The summed E-state index contributed by atoms with van der Waals surface area (Å²) in [5.74, 6) is 0.219. The first-order chi connectivity index (χ1) is 11.2. The van der Waals surface area contributed by atoms with E-state index in [1.807, 2.05) is 48.7 Å². The van der Waals surface area contributed by atoms with Crippen molar-refractivity contribution in [2.75, 3.05) is 0 Å². The Balaban J connectivity index is 1.56. The van der Waals surface area contributed by atoms with Crippen LogP contribution < -0.4 is 0 Å². The summed E-state index contributed by atoms with van der Waals surface area (Å²) in [6, 6.07) is 11.4. The van der Waals surface area contributed by atoms with Crippen molar-refractivity contribution >= 4 is 23.4 Å². The summed E-state index contributed by atoms with van der Waals surface area (Å²) in [7, 11) is 0. The van der Waals surface area contributed by atoms with E-state index >= 15 is 0 Å². The first-order valence-electron chi connectivity index (χ1n) is 6.99. The number of thiophene rings is 1. The van der Waals surface area contributed by atoms with Crippen molar-refractivity contribution in [1.29, 1.82) is 0 Å². The highest BCUT2D eigenvalue weighted by Gasteiger charge is 2.09. The Morgan fingerprint density at radius 3 is 2.83 bits per heavy atom. The van der Waals surface area contributed by atoms with Crippen LogP contribution in [0.2, 0.25) is 0 Å². The van der Waals surface area contributed by atoms with Crippen LogP contribution in [0.1, 0.15) is 16.3 Å². The third-order valence-electron chi connectivity index (χ3n) is 3.10. The first-order valence-corrected chi connectivity index (χ1v) is 7.87. The van der Waals surface area contributed by atoms with Gasteiger partial charge in [-0.05, 0) is 42.1 Å². The zero-order chi connectivity index (χ0) is 16.1. The molecule has 116 valence electrons. The van der Waals surface area contributed by atoms with Crippen molar-refractivity contribution < 1.29 is 13.9 Å². The molecule has 5 nitrogen and oxygen atoms in total. The molecule has 3 rings (SSSR count). The largest absolute Gasteiger partial charge is 0.452 e. The maximum atomic E-state index is 11.7. The minimum absolute atomic E-state index is 0.0492. The summed E-state index contributed by atoms with van der Waals surface area (Å²) >= 11 is 1.57. The summed E-state index contributed by atoms with van der Waals surface area (Å²) in [5.41, 5.74) is 1.95. The average molecular weight is 326 g/mol. The Hall–Kier alpha value is -2.73. The number of aryl methyl sites for hydroxylation is 1. The predicted octanol–water partition coefficient (Wildman–Crippen LogP) is 3.86. The number of carbonyl (C=O) groups is 1. The van der Waals surface area contributed by atoms with Gasteiger partial charge in [-0.1, -0.05) is 18.2 Å². The van der Waals surface area contributed by atoms with Gasteiger partial charge in [0.25, 0.3) is 5.89 Å². The SMILES string of the molecule is Cc1ccsc1/C=C/C(=O)OCc1nnc(-c2ccccc2)o1. The summed E-state index contributed by atoms with van der Waals surface area (Å²) in [5, 5.41) is 9.79. The van der Waals surface area contributed by atoms with E-state index in [1.54, 1.807) is 17.4 Å². The molecule has 0 aliphatic carbocycles. The number of esters is 1. The second-order valence-corrected chi connectivity index (χ2v) is 5.72. The lowest BCUT2D eigenvalue weighted by Crippen LogP contribution is -2.00. The van der Waals surface area contributed by atoms with E-state index in [9.17, 15) is 4.79 Å². The number of aromatic nitrogens is 2. The molecule has 23 heavy (non-hydrogen) atoms. The molecule has 0 N–H and O–H groups in total. The second-order valence-electron chi connectivity index (χ2n) is 4.78. The summed E-state index contributed by atoms with van der Waals surface area (Å²) in [6.07, 6.45) is 3.14. The molecule has 0 amide bonds. The van der Waals surface area contributed by atoms with Crippen molar-refractivity contribution in [2.45, 2.75) is 13.5 Å². The van der Waals surface area contributed by atoms with Crippen LogP contribution in [0.25, 0.3) is 17.5 Å². The lowest BCUT2D eigenvalue weighted by atomic mass is 10.2. The Morgan fingerprint density at radius 2 is 2.09 bits per heavy atom. The summed E-state index contributed by atoms with van der Waals surface area (Å²) in [4.78, 5) is 12.7. The maximum Gasteiger partial charge on any atom is 0.331 e. The van der Waals surface area contributed by atoms with Crippen LogP contribution in [0.15, 0.2) is 52.3 Å². The topological polar surface area (TPSA) is 65.2 Å². The Bertz CT molecular complexity index is 821. The highest BCUT2D eigenvalue weighted by Crippen LogP contribution is 2.18. The summed E-state index contributed by atoms with van der Waals surface area (Å²) in [6.45, 7) is 1.94. The molecule has 2 aromatic heterocycles. The molecule has 2 heterocycles. The van der Waals surface area contributed by atoms with Gasteiger partial charge >= 0.3 is 5.97 Å². The van der Waals surface area contributed by atoms with Gasteiger partial charge in [0.1, 0.15) is 0 Å². The van der Waals surface area contributed by atoms with E-state index in [2.05, 4.69) is 10.2 Å². The zero-order valence-electron chi connectivity index (χ0n) is 12.4. The third-order valence-corrected chi connectivity index (χ3v) is 4.08. The van der Waals surface area contributed by atoms with Gasteiger partial charge in [-0.15, -0.1) is 21.5 Å². The molecule has 6 heteroatoms. The number of carbonyl (C=O) groups excluding carboxylic acids is 1. The van der Waals surface area contributed by atoms with Crippen LogP contribution >= 0.6 is 11.3 Å². The van der Waals surface area contributed by atoms with E-state index in [0.717, 1.165) is 16.0 Å². The Kier molecular flexibility index (Phi) is 4.63. The fraction of sp³-hybridized carbons (Fsp3) is 0.118. The maximum absolute atomic E-state index is 11.7. The lowest BCUT2D eigenvalue weighted by molar-refractivity contribution is -0.139. The van der Waals surface area contributed by atoms with E-state index in [0.29, 0.717) is 5.89 Å². The van der Waals surface area contributed by atoms with Gasteiger partial charge in [0, 0.05) is 16.5 Å². The quantitative estimate of drug-likeness (QED) is 0.526. The van der Waals surface area contributed by atoms with Crippen molar-refractivity contribution in [3.8, 4) is 11.5 Å². The van der Waals surface area contributed by atoms with Gasteiger partial charge in [0.2, 0.25) is 5.89 Å². The summed E-state index contributed by atoms with van der Waals surface area (Å²) < 4.78 is 10.6. The predicted molar refractivity (Wildman–Crippen MR) is 87.6 cm³/mol. The molecule has 0 saturated carbocycles. The molecule has 0 radical (unpaired) electrons. The van der Waals surface area contributed by atoms with Gasteiger partial charge in [-0.25, -0.2) is 4.79 Å². The minimum Gasteiger partial charge on any atom is -0.452 e. The third kappa shape index (κ3) is 3.92. The Morgan fingerprint density at radius 1 is 1.26 bits per heavy atom. The van der Waals surface area contributed by atoms with Crippen LogP contribution in [0.3, 0.4) is 0 Å². The van der Waals surface area contributed by atoms with E-state index in [-0.39, 0.29) is 12.5 Å². The van der Waals surface area contributed by atoms with Crippen LogP contribution in [-0.2, 0) is 16.1 Å². The number of benzene rings is 1. The molecule has 0 unspecified atom stereocenters. The molecular weight excluding hydrogens is 312 g/mol. The fourth-order valence-electron chi connectivity index (χ4n) is 1.89. The number of hydrogen-bond acceptors (Lipinski definition) is 6. The number of rotatable bonds is 5. The van der Waals surface area contributed by atoms with Crippen LogP contribution in [0, 0.1) is 6.92 Å². The smallest absolute Gasteiger partial charge is 0.331 e. The molecule has 3 aromatic rings. The van der Waals surface area contributed by atoms with Gasteiger partial charge in [0.15, 0.2) is 6.61 Å². The van der Waals surface area contributed by atoms with Crippen molar-refractivity contribution in [3.63, 3.8) is 0 Å². The second kappa shape index (κ2) is 7.02. The molecular formula is C17H14N2O3S. The Labute approximate surface area is 137 Å². The van der Waals surface area contributed by atoms with Gasteiger partial charge in [-0.3, -0.25) is 0 Å². The number of hydrogen-bond donors (Lipinski definition) is 0. The molecule has 0 atom stereocenters. The number of ether oxygens (including phenoxy) is 1. The van der Waals surface area contributed by atoms with Gasteiger partial charge < -0.3 is 9.15 Å². The van der Waals surface area contributed by atoms with Crippen LogP contribution in [0.5, 0.6) is 0 Å². The molecule has 0 spiro atoms. The highest BCUT2D eigenvalue weighted by atomic mass is 32.1. The minimum atomic E-state index is -0.447. The van der Waals surface area contributed by atoms with Crippen molar-refractivity contribution in [3.05, 3.63) is 64.2 Å². The monoisotopic (exact) mass is 326 g/mol. The standard InChI is InChI=1S/C17H14N2O3S/c1-12-9-10-23-14(12)7-8-16(20)21-11-15-18-19-17(22-15)13-5-3-2-4-6-13/h2-10H,11H2,1H3/b8-7+. The highest BCUT2D eigenvalue weighted by molar-refractivity contribution is 7.11. The van der Waals surface area contributed by atoms with Crippen molar-refractivity contribution in [1.82, 2.24) is 10.2 Å². The molecule has 0 saturated heterocycles. The molecule has 0 aliphatic heterocycles. The molecule has 0 bridgehead atoms.